The Morgan fingerprint density at radius 1 is 1.36 bits per heavy atom. The third-order valence-electron chi connectivity index (χ3n) is 1.43. The van der Waals surface area contributed by atoms with E-state index in [1.54, 1.807) is 0 Å². The standard InChI is InChI=1S/C6H4IN3S/c1-3-2-8-6(7)5-4(3)9-11-10-5/h2H,1H3. The Labute approximate surface area is 81.3 Å². The van der Waals surface area contributed by atoms with Crippen LogP contribution in [0.3, 0.4) is 0 Å². The molecule has 0 saturated heterocycles. The first-order valence-electron chi connectivity index (χ1n) is 3.02. The van der Waals surface area contributed by atoms with E-state index in [-0.39, 0.29) is 0 Å². The van der Waals surface area contributed by atoms with Crippen molar-refractivity contribution in [1.82, 2.24) is 13.7 Å². The highest BCUT2D eigenvalue weighted by Gasteiger charge is 2.05. The summed E-state index contributed by atoms with van der Waals surface area (Å²) >= 11 is 3.40. The quantitative estimate of drug-likeness (QED) is 0.546. The van der Waals surface area contributed by atoms with Crippen molar-refractivity contribution < 1.29 is 0 Å². The second-order valence-electron chi connectivity index (χ2n) is 2.19. The van der Waals surface area contributed by atoms with Gasteiger partial charge in [-0.2, -0.15) is 8.75 Å². The molecular formula is C6H4IN3S. The van der Waals surface area contributed by atoms with Crippen molar-refractivity contribution in [2.24, 2.45) is 0 Å². The minimum absolute atomic E-state index is 0.926. The van der Waals surface area contributed by atoms with E-state index in [1.165, 1.54) is 11.7 Å². The maximum atomic E-state index is 4.17. The number of nitrogens with zero attached hydrogens (tertiary/aromatic N) is 3. The molecule has 0 radical (unpaired) electrons. The van der Waals surface area contributed by atoms with Crippen molar-refractivity contribution in [3.63, 3.8) is 0 Å². The Bertz CT molecular complexity index is 362. The van der Waals surface area contributed by atoms with E-state index in [1.807, 2.05) is 13.1 Å². The van der Waals surface area contributed by atoms with Gasteiger partial charge in [0.2, 0.25) is 0 Å². The van der Waals surface area contributed by atoms with Gasteiger partial charge in [-0.1, -0.05) is 0 Å². The lowest BCUT2D eigenvalue weighted by molar-refractivity contribution is 1.25. The molecule has 5 heteroatoms. The number of pyridine rings is 1. The van der Waals surface area contributed by atoms with Gasteiger partial charge < -0.3 is 0 Å². The van der Waals surface area contributed by atoms with Crippen LogP contribution in [0.5, 0.6) is 0 Å². The van der Waals surface area contributed by atoms with Crippen molar-refractivity contribution in [3.05, 3.63) is 15.5 Å². The highest BCUT2D eigenvalue weighted by atomic mass is 127. The van der Waals surface area contributed by atoms with E-state index in [0.717, 1.165) is 20.3 Å². The second kappa shape index (κ2) is 2.63. The fourth-order valence-corrected chi connectivity index (χ4v) is 2.14. The van der Waals surface area contributed by atoms with Crippen LogP contribution in [0.2, 0.25) is 0 Å². The fraction of sp³-hybridized carbons (Fsp3) is 0.167. The van der Waals surface area contributed by atoms with E-state index >= 15 is 0 Å². The summed E-state index contributed by atoms with van der Waals surface area (Å²) in [6.45, 7) is 1.99. The molecule has 2 aromatic rings. The zero-order valence-electron chi connectivity index (χ0n) is 5.71. The van der Waals surface area contributed by atoms with Gasteiger partial charge in [-0.05, 0) is 35.1 Å². The molecule has 2 aromatic heterocycles. The second-order valence-corrected chi connectivity index (χ2v) is 3.74. The van der Waals surface area contributed by atoms with Crippen LogP contribution in [-0.2, 0) is 0 Å². The van der Waals surface area contributed by atoms with Gasteiger partial charge in [0, 0.05) is 6.20 Å². The fourth-order valence-electron chi connectivity index (χ4n) is 0.858. The molecule has 0 atom stereocenters. The molecule has 0 aliphatic heterocycles. The minimum atomic E-state index is 0.926. The van der Waals surface area contributed by atoms with Crippen LogP contribution in [-0.4, -0.2) is 13.7 Å². The molecule has 0 unspecified atom stereocenters. The lowest BCUT2D eigenvalue weighted by atomic mass is 10.3. The predicted octanol–water partition coefficient (Wildman–Crippen LogP) is 2.00. The molecule has 0 aromatic carbocycles. The van der Waals surface area contributed by atoms with E-state index in [2.05, 4.69) is 36.3 Å². The highest BCUT2D eigenvalue weighted by molar-refractivity contribution is 14.1. The van der Waals surface area contributed by atoms with Crippen LogP contribution in [0, 0.1) is 10.6 Å². The summed E-state index contributed by atoms with van der Waals surface area (Å²) in [6, 6.07) is 0. The molecule has 0 saturated carbocycles. The number of fused-ring (bicyclic) bond motifs is 1. The first kappa shape index (κ1) is 7.35. The number of hydrogen-bond acceptors (Lipinski definition) is 4. The number of rotatable bonds is 0. The Kier molecular flexibility index (Phi) is 1.76. The van der Waals surface area contributed by atoms with E-state index in [9.17, 15) is 0 Å². The third-order valence-corrected chi connectivity index (χ3v) is 2.75. The molecule has 0 aliphatic carbocycles. The first-order valence-corrected chi connectivity index (χ1v) is 4.83. The molecule has 56 valence electrons. The number of aromatic nitrogens is 3. The average molecular weight is 277 g/mol. The molecule has 0 fully saturated rings. The van der Waals surface area contributed by atoms with Crippen LogP contribution < -0.4 is 0 Å². The molecule has 0 spiro atoms. The number of hydrogen-bond donors (Lipinski definition) is 0. The molecule has 11 heavy (non-hydrogen) atoms. The number of aryl methyl sites for hydroxylation is 1. The molecule has 2 heterocycles. The van der Waals surface area contributed by atoms with Crippen molar-refractivity contribution in [2.45, 2.75) is 6.92 Å². The minimum Gasteiger partial charge on any atom is -0.248 e. The third kappa shape index (κ3) is 1.12. The highest BCUT2D eigenvalue weighted by Crippen LogP contribution is 2.18. The smallest absolute Gasteiger partial charge is 0.136 e. The van der Waals surface area contributed by atoms with Crippen molar-refractivity contribution in [2.75, 3.05) is 0 Å². The molecule has 0 N–H and O–H groups in total. The molecule has 0 aliphatic rings. The zero-order chi connectivity index (χ0) is 7.84. The first-order chi connectivity index (χ1) is 5.29. The molecule has 0 amide bonds. The molecule has 0 bridgehead atoms. The lowest BCUT2D eigenvalue weighted by Gasteiger charge is -1.92. The molecular weight excluding hydrogens is 273 g/mol. The summed E-state index contributed by atoms with van der Waals surface area (Å²) in [6.07, 6.45) is 1.82. The Morgan fingerprint density at radius 3 is 2.82 bits per heavy atom. The van der Waals surface area contributed by atoms with Gasteiger partial charge in [0.05, 0.1) is 11.7 Å². The predicted molar refractivity (Wildman–Crippen MR) is 52.7 cm³/mol. The van der Waals surface area contributed by atoms with Gasteiger partial charge in [0.15, 0.2) is 0 Å². The van der Waals surface area contributed by atoms with Crippen LogP contribution in [0.4, 0.5) is 0 Å². The maximum Gasteiger partial charge on any atom is 0.136 e. The van der Waals surface area contributed by atoms with Crippen LogP contribution in [0.1, 0.15) is 5.56 Å². The monoisotopic (exact) mass is 277 g/mol. The van der Waals surface area contributed by atoms with Gasteiger partial charge in [0.25, 0.3) is 0 Å². The normalized spacial score (nSPS) is 10.7. The van der Waals surface area contributed by atoms with Gasteiger partial charge >= 0.3 is 0 Å². The summed E-state index contributed by atoms with van der Waals surface area (Å²) in [5.41, 5.74) is 3.00. The Balaban J connectivity index is 2.96. The maximum absolute atomic E-state index is 4.17. The van der Waals surface area contributed by atoms with E-state index in [4.69, 9.17) is 0 Å². The molecule has 3 nitrogen and oxygen atoms in total. The van der Waals surface area contributed by atoms with Gasteiger partial charge in [0.1, 0.15) is 14.7 Å². The van der Waals surface area contributed by atoms with Crippen LogP contribution in [0.25, 0.3) is 11.0 Å². The van der Waals surface area contributed by atoms with Crippen LogP contribution >= 0.6 is 34.3 Å². The van der Waals surface area contributed by atoms with E-state index in [0.29, 0.717) is 0 Å². The largest absolute Gasteiger partial charge is 0.248 e. The van der Waals surface area contributed by atoms with E-state index < -0.39 is 0 Å². The van der Waals surface area contributed by atoms with Gasteiger partial charge in [-0.25, -0.2) is 4.98 Å². The summed E-state index contributed by atoms with van der Waals surface area (Å²) in [7, 11) is 0. The molecule has 2 rings (SSSR count). The summed E-state index contributed by atoms with van der Waals surface area (Å²) < 4.78 is 9.23. The lowest BCUT2D eigenvalue weighted by Crippen LogP contribution is -1.85. The van der Waals surface area contributed by atoms with Crippen molar-refractivity contribution in [3.8, 4) is 0 Å². The van der Waals surface area contributed by atoms with Gasteiger partial charge in [-0.3, -0.25) is 0 Å². The van der Waals surface area contributed by atoms with Crippen LogP contribution in [0.15, 0.2) is 6.20 Å². The Morgan fingerprint density at radius 2 is 2.09 bits per heavy atom. The summed E-state index contributed by atoms with van der Waals surface area (Å²) in [5, 5.41) is 0. The SMILES string of the molecule is Cc1cnc(I)c2nsnc12. The van der Waals surface area contributed by atoms with Gasteiger partial charge in [-0.15, -0.1) is 0 Å². The summed E-state index contributed by atoms with van der Waals surface area (Å²) in [4.78, 5) is 4.17. The topological polar surface area (TPSA) is 38.7 Å². The van der Waals surface area contributed by atoms with Crippen molar-refractivity contribution >= 4 is 45.4 Å². The van der Waals surface area contributed by atoms with Crippen molar-refractivity contribution in [1.29, 1.82) is 0 Å². The summed E-state index contributed by atoms with van der Waals surface area (Å²) in [5.74, 6) is 0. The zero-order valence-corrected chi connectivity index (χ0v) is 8.68. The Hall–Kier alpha value is -0.300. The average Bonchev–Trinajstić information content (AvgIpc) is 2.45. The number of halogens is 1.